The van der Waals surface area contributed by atoms with Crippen LogP contribution in [-0.4, -0.2) is 206 Å². The van der Waals surface area contributed by atoms with Gasteiger partial charge in [-0.05, 0) is 55.5 Å². The molecule has 2 aromatic carbocycles. The lowest BCUT2D eigenvalue weighted by Gasteiger charge is -2.36. The number of amides is 6. The Bertz CT molecular complexity index is 2380. The molecule has 5 N–H and O–H groups in total. The van der Waals surface area contributed by atoms with Crippen LogP contribution in [0.1, 0.15) is 68.9 Å². The maximum atomic E-state index is 13.4. The first-order chi connectivity index (χ1) is 36.1. The molecule has 4 saturated heterocycles. The molecule has 0 saturated carbocycles. The highest BCUT2D eigenvalue weighted by atomic mass is 16.6. The highest BCUT2D eigenvalue weighted by Crippen LogP contribution is 2.34. The van der Waals surface area contributed by atoms with Crippen molar-refractivity contribution in [1.82, 2.24) is 25.0 Å². The van der Waals surface area contributed by atoms with E-state index in [0.717, 1.165) is 61.8 Å². The number of hydrogen-bond donors (Lipinski definition) is 4. The van der Waals surface area contributed by atoms with Gasteiger partial charge in [-0.15, -0.1) is 0 Å². The third kappa shape index (κ3) is 14.8. The number of morpholine rings is 1. The van der Waals surface area contributed by atoms with Gasteiger partial charge >= 0.3 is 0 Å². The predicted octanol–water partition coefficient (Wildman–Crippen LogP) is 1.57. The van der Waals surface area contributed by atoms with Gasteiger partial charge in [0, 0.05) is 96.6 Å². The topological polar surface area (TPSA) is 262 Å². The second-order valence-corrected chi connectivity index (χ2v) is 18.7. The first kappa shape index (κ1) is 54.2. The number of piperazine rings is 1. The Morgan fingerprint density at radius 2 is 1.39 bits per heavy atom. The summed E-state index contributed by atoms with van der Waals surface area (Å²) in [6, 6.07) is 10.5. The number of primary amides is 1. The number of carbonyl (C=O) groups is 6. The van der Waals surface area contributed by atoms with E-state index in [1.807, 2.05) is 11.0 Å². The summed E-state index contributed by atoms with van der Waals surface area (Å²) in [5, 5.41) is 8.43. The molecule has 5 aliphatic rings. The van der Waals surface area contributed by atoms with Gasteiger partial charge in [0.25, 0.3) is 23.7 Å². The van der Waals surface area contributed by atoms with Gasteiger partial charge in [0.15, 0.2) is 5.69 Å². The van der Waals surface area contributed by atoms with Crippen LogP contribution in [0.15, 0.2) is 47.1 Å². The number of imide groups is 2. The van der Waals surface area contributed by atoms with Gasteiger partial charge in [0.05, 0.1) is 95.2 Å². The van der Waals surface area contributed by atoms with E-state index in [-0.39, 0.29) is 47.4 Å². The summed E-state index contributed by atoms with van der Waals surface area (Å²) < 4.78 is 39.4. The van der Waals surface area contributed by atoms with Crippen LogP contribution in [0.3, 0.4) is 0 Å². The highest BCUT2D eigenvalue weighted by molar-refractivity contribution is 6.25. The van der Waals surface area contributed by atoms with Crippen molar-refractivity contribution in [3.63, 3.8) is 0 Å². The molecule has 402 valence electrons. The van der Waals surface area contributed by atoms with Crippen molar-refractivity contribution in [3.05, 3.63) is 65.0 Å². The van der Waals surface area contributed by atoms with E-state index in [1.54, 1.807) is 18.2 Å². The predicted molar refractivity (Wildman–Crippen MR) is 270 cm³/mol. The Labute approximate surface area is 430 Å². The molecule has 0 spiro atoms. The van der Waals surface area contributed by atoms with Crippen LogP contribution in [0.4, 0.5) is 23.1 Å². The fourth-order valence-electron chi connectivity index (χ4n) is 9.62. The van der Waals surface area contributed by atoms with E-state index in [1.165, 1.54) is 6.26 Å². The normalized spacial score (nSPS) is 19.0. The number of aromatic nitrogens is 1. The summed E-state index contributed by atoms with van der Waals surface area (Å²) in [6.07, 6.45) is 3.81. The van der Waals surface area contributed by atoms with Gasteiger partial charge < -0.3 is 63.9 Å². The number of oxazole rings is 1. The van der Waals surface area contributed by atoms with E-state index < -0.39 is 29.7 Å². The van der Waals surface area contributed by atoms with E-state index in [4.69, 9.17) is 38.6 Å². The van der Waals surface area contributed by atoms with Crippen molar-refractivity contribution in [2.24, 2.45) is 11.7 Å². The van der Waals surface area contributed by atoms with E-state index in [0.29, 0.717) is 142 Å². The van der Waals surface area contributed by atoms with Gasteiger partial charge in [0.2, 0.25) is 17.7 Å². The van der Waals surface area contributed by atoms with E-state index >= 15 is 0 Å². The van der Waals surface area contributed by atoms with Crippen molar-refractivity contribution in [2.75, 3.05) is 165 Å². The summed E-state index contributed by atoms with van der Waals surface area (Å²) in [7, 11) is 0. The molecule has 0 bridgehead atoms. The molecule has 5 aliphatic heterocycles. The number of hydrogen-bond acceptors (Lipinski definition) is 19. The molecule has 1 unspecified atom stereocenters. The number of rotatable bonds is 28. The molecule has 6 amide bonds. The van der Waals surface area contributed by atoms with Crippen LogP contribution in [0.2, 0.25) is 0 Å². The fourth-order valence-corrected chi connectivity index (χ4v) is 9.62. The molecule has 4 fully saturated rings. The average Bonchev–Trinajstić information content (AvgIpc) is 4.01. The van der Waals surface area contributed by atoms with Gasteiger partial charge in [0.1, 0.15) is 12.3 Å². The fraction of sp³-hybridized carbons (Fsp3) is 0.588. The molecule has 6 heterocycles. The lowest BCUT2D eigenvalue weighted by atomic mass is 9.95. The first-order valence-electron chi connectivity index (χ1n) is 25.8. The molecule has 74 heavy (non-hydrogen) atoms. The number of carbonyl (C=O) groups excluding carboxylic acids is 6. The molecule has 0 aliphatic carbocycles. The van der Waals surface area contributed by atoms with Crippen molar-refractivity contribution >= 4 is 58.5 Å². The zero-order valence-electron chi connectivity index (χ0n) is 42.1. The Kier molecular flexibility index (Phi) is 20.1. The quantitative estimate of drug-likeness (QED) is 0.0594. The largest absolute Gasteiger partial charge is 0.431 e. The minimum Gasteiger partial charge on any atom is -0.431 e. The van der Waals surface area contributed by atoms with E-state index in [2.05, 4.69) is 47.8 Å². The molecule has 1 atom stereocenters. The summed E-state index contributed by atoms with van der Waals surface area (Å²) >= 11 is 0. The van der Waals surface area contributed by atoms with Gasteiger partial charge in [-0.3, -0.25) is 43.9 Å². The molecule has 0 radical (unpaired) electrons. The highest BCUT2D eigenvalue weighted by Gasteiger charge is 2.45. The Hall–Kier alpha value is -6.05. The summed E-state index contributed by atoms with van der Waals surface area (Å²) in [6.45, 7) is 14.2. The van der Waals surface area contributed by atoms with Gasteiger partial charge in [-0.1, -0.05) is 12.1 Å². The minimum atomic E-state index is -1.02. The molecule has 8 rings (SSSR count). The molecular formula is C51H70N10O13. The van der Waals surface area contributed by atoms with Crippen molar-refractivity contribution < 1.29 is 61.6 Å². The number of nitrogens with one attached hydrogen (secondary N) is 3. The van der Waals surface area contributed by atoms with E-state index in [9.17, 15) is 28.8 Å². The third-order valence-electron chi connectivity index (χ3n) is 13.7. The second-order valence-electron chi connectivity index (χ2n) is 18.7. The Morgan fingerprint density at radius 3 is 2.07 bits per heavy atom. The minimum absolute atomic E-state index is 0.0603. The van der Waals surface area contributed by atoms with Crippen LogP contribution in [0, 0.1) is 5.92 Å². The Balaban J connectivity index is 0.626. The molecule has 3 aromatic rings. The summed E-state index contributed by atoms with van der Waals surface area (Å²) in [5.41, 5.74) is 9.50. The van der Waals surface area contributed by atoms with Crippen LogP contribution in [-0.2, 0) is 49.3 Å². The summed E-state index contributed by atoms with van der Waals surface area (Å²) in [4.78, 5) is 90.1. The molecular weight excluding hydrogens is 961 g/mol. The van der Waals surface area contributed by atoms with Crippen molar-refractivity contribution in [2.45, 2.75) is 44.7 Å². The number of anilines is 4. The molecule has 23 nitrogen and oxygen atoms in total. The molecule has 1 aromatic heterocycles. The number of nitrogens with zero attached hydrogens (tertiary/aromatic N) is 6. The van der Waals surface area contributed by atoms with Crippen LogP contribution < -0.4 is 31.5 Å². The number of piperidine rings is 2. The SMILES string of the molecule is NC(=O)C1CCN(c2cc(CN3CCN(CCCOCCOCCOCCOCCOCCNc4cccc5c4C(=O)N(C4CCC(=O)NC4=O)C5=O)CC3)ccc2NC(=O)c2coc(N3CCOCC3)n2)CC1. The lowest BCUT2D eigenvalue weighted by molar-refractivity contribution is -0.136. The maximum absolute atomic E-state index is 13.4. The first-order valence-corrected chi connectivity index (χ1v) is 25.8. The molecule has 23 heteroatoms. The zero-order chi connectivity index (χ0) is 51.7. The van der Waals surface area contributed by atoms with Crippen LogP contribution in [0.5, 0.6) is 0 Å². The number of fused-ring (bicyclic) bond motifs is 1. The summed E-state index contributed by atoms with van der Waals surface area (Å²) in [5.74, 6) is -2.95. The number of ether oxygens (including phenoxy) is 6. The monoisotopic (exact) mass is 1030 g/mol. The maximum Gasteiger partial charge on any atom is 0.298 e. The number of benzene rings is 2. The van der Waals surface area contributed by atoms with Crippen molar-refractivity contribution in [3.8, 4) is 0 Å². The zero-order valence-corrected chi connectivity index (χ0v) is 42.1. The van der Waals surface area contributed by atoms with Crippen molar-refractivity contribution in [1.29, 1.82) is 0 Å². The smallest absolute Gasteiger partial charge is 0.298 e. The number of nitrogens with two attached hydrogens (primary N) is 1. The van der Waals surface area contributed by atoms with Crippen LogP contribution >= 0.6 is 0 Å². The van der Waals surface area contributed by atoms with Gasteiger partial charge in [-0.25, -0.2) is 0 Å². The standard InChI is InChI=1S/C51H70N10O13/c52-46(63)37-9-13-59(14-10-37)43-33-36(5-6-39(43)54-47(64)41-35-74-51(55-41)60-19-23-70-24-20-60)34-58-17-15-57(16-18-58)12-2-21-68-25-27-71-29-31-73-32-30-72-28-26-69-22-11-53-40-4-1-3-38-45(40)50(67)61(49(38)66)42-7-8-44(62)56-48(42)65/h1,3-6,33,35,37,42,53H,2,7-32,34H2,(H2,52,63)(H,54,64)(H,56,62,65). The Morgan fingerprint density at radius 1 is 0.730 bits per heavy atom. The third-order valence-corrected chi connectivity index (χ3v) is 13.7. The second kappa shape index (κ2) is 27.5. The van der Waals surface area contributed by atoms with Gasteiger partial charge in [-0.2, -0.15) is 4.98 Å². The average molecular weight is 1030 g/mol. The lowest BCUT2D eigenvalue weighted by Crippen LogP contribution is -2.54. The van der Waals surface area contributed by atoms with Crippen LogP contribution in [0.25, 0.3) is 0 Å².